The maximum atomic E-state index is 10.9. The van der Waals surface area contributed by atoms with E-state index in [4.69, 9.17) is 0 Å². The second-order valence-corrected chi connectivity index (χ2v) is 4.67. The van der Waals surface area contributed by atoms with E-state index in [1.807, 2.05) is 20.3 Å². The highest BCUT2D eigenvalue weighted by molar-refractivity contribution is 5.86. The molecule has 2 N–H and O–H groups in total. The SMILES string of the molecule is CC(=O)NCCc1c[nH]c2ccc(N(C)C)cc12. The van der Waals surface area contributed by atoms with E-state index in [0.717, 1.165) is 11.9 Å². The van der Waals surface area contributed by atoms with Gasteiger partial charge in [0, 0.05) is 50.4 Å². The van der Waals surface area contributed by atoms with Crippen LogP contribution in [0.25, 0.3) is 10.9 Å². The fraction of sp³-hybridized carbons (Fsp3) is 0.357. The molecule has 0 unspecified atom stereocenters. The van der Waals surface area contributed by atoms with Crippen LogP contribution in [-0.2, 0) is 11.2 Å². The van der Waals surface area contributed by atoms with E-state index in [9.17, 15) is 4.79 Å². The number of aromatic nitrogens is 1. The van der Waals surface area contributed by atoms with Gasteiger partial charge in [-0.05, 0) is 30.2 Å². The minimum Gasteiger partial charge on any atom is -0.378 e. The number of rotatable bonds is 4. The van der Waals surface area contributed by atoms with Gasteiger partial charge >= 0.3 is 0 Å². The van der Waals surface area contributed by atoms with E-state index in [2.05, 4.69) is 33.4 Å². The number of nitrogens with one attached hydrogen (secondary N) is 2. The fourth-order valence-electron chi connectivity index (χ4n) is 2.02. The van der Waals surface area contributed by atoms with Crippen LogP contribution >= 0.6 is 0 Å². The lowest BCUT2D eigenvalue weighted by Crippen LogP contribution is -2.22. The lowest BCUT2D eigenvalue weighted by molar-refractivity contribution is -0.118. The molecule has 0 saturated carbocycles. The van der Waals surface area contributed by atoms with E-state index >= 15 is 0 Å². The van der Waals surface area contributed by atoms with Crippen LogP contribution in [0.15, 0.2) is 24.4 Å². The van der Waals surface area contributed by atoms with Crippen molar-refractivity contribution in [3.63, 3.8) is 0 Å². The van der Waals surface area contributed by atoms with Gasteiger partial charge in [-0.1, -0.05) is 0 Å². The maximum absolute atomic E-state index is 10.9. The average molecular weight is 245 g/mol. The van der Waals surface area contributed by atoms with Crippen molar-refractivity contribution in [1.82, 2.24) is 10.3 Å². The summed E-state index contributed by atoms with van der Waals surface area (Å²) in [6.07, 6.45) is 2.86. The largest absolute Gasteiger partial charge is 0.378 e. The molecule has 0 aliphatic heterocycles. The zero-order valence-electron chi connectivity index (χ0n) is 11.1. The smallest absolute Gasteiger partial charge is 0.216 e. The molecule has 1 heterocycles. The number of anilines is 1. The molecular formula is C14H19N3O. The molecule has 1 aromatic heterocycles. The summed E-state index contributed by atoms with van der Waals surface area (Å²) >= 11 is 0. The molecule has 0 fully saturated rings. The van der Waals surface area contributed by atoms with Gasteiger partial charge in [-0.2, -0.15) is 0 Å². The number of hydrogen-bond acceptors (Lipinski definition) is 2. The van der Waals surface area contributed by atoms with Gasteiger partial charge in [-0.3, -0.25) is 4.79 Å². The lowest BCUT2D eigenvalue weighted by Gasteiger charge is -2.12. The monoisotopic (exact) mass is 245 g/mol. The fourth-order valence-corrected chi connectivity index (χ4v) is 2.02. The highest BCUT2D eigenvalue weighted by atomic mass is 16.1. The van der Waals surface area contributed by atoms with Crippen LogP contribution in [0.3, 0.4) is 0 Å². The third-order valence-electron chi connectivity index (χ3n) is 3.04. The van der Waals surface area contributed by atoms with Crippen molar-refractivity contribution in [2.24, 2.45) is 0 Å². The van der Waals surface area contributed by atoms with Gasteiger partial charge in [0.25, 0.3) is 0 Å². The first-order chi connectivity index (χ1) is 8.58. The van der Waals surface area contributed by atoms with Gasteiger partial charge in [0.15, 0.2) is 0 Å². The molecule has 0 atom stereocenters. The standard InChI is InChI=1S/C14H19N3O/c1-10(18)15-7-6-11-9-16-14-5-4-12(17(2)3)8-13(11)14/h4-5,8-9,16H,6-7H2,1-3H3,(H,15,18). The molecule has 96 valence electrons. The Morgan fingerprint density at radius 1 is 1.39 bits per heavy atom. The van der Waals surface area contributed by atoms with Crippen LogP contribution in [0.4, 0.5) is 5.69 Å². The summed E-state index contributed by atoms with van der Waals surface area (Å²) in [5.74, 6) is 0.0174. The number of hydrogen-bond donors (Lipinski definition) is 2. The number of carbonyl (C=O) groups is 1. The van der Waals surface area contributed by atoms with Gasteiger partial charge in [0.2, 0.25) is 5.91 Å². The molecule has 0 saturated heterocycles. The number of amides is 1. The van der Waals surface area contributed by atoms with Crippen LogP contribution in [0, 0.1) is 0 Å². The number of fused-ring (bicyclic) bond motifs is 1. The molecule has 4 heteroatoms. The van der Waals surface area contributed by atoms with Crippen molar-refractivity contribution < 1.29 is 4.79 Å². The molecule has 0 aliphatic rings. The van der Waals surface area contributed by atoms with E-state index in [1.54, 1.807) is 6.92 Å². The average Bonchev–Trinajstić information content (AvgIpc) is 2.71. The Morgan fingerprint density at radius 3 is 2.83 bits per heavy atom. The number of nitrogens with zero attached hydrogens (tertiary/aromatic N) is 1. The molecule has 1 amide bonds. The molecule has 0 spiro atoms. The zero-order chi connectivity index (χ0) is 13.1. The number of H-pyrrole nitrogens is 1. The molecule has 2 aromatic rings. The molecule has 2 rings (SSSR count). The van der Waals surface area contributed by atoms with E-state index in [-0.39, 0.29) is 5.91 Å². The van der Waals surface area contributed by atoms with Crippen LogP contribution in [0.1, 0.15) is 12.5 Å². The van der Waals surface area contributed by atoms with Crippen LogP contribution in [-0.4, -0.2) is 31.5 Å². The van der Waals surface area contributed by atoms with Crippen LogP contribution < -0.4 is 10.2 Å². The highest BCUT2D eigenvalue weighted by Crippen LogP contribution is 2.23. The second-order valence-electron chi connectivity index (χ2n) is 4.67. The molecular weight excluding hydrogens is 226 g/mol. The third-order valence-corrected chi connectivity index (χ3v) is 3.04. The zero-order valence-corrected chi connectivity index (χ0v) is 11.1. The Balaban J connectivity index is 2.22. The summed E-state index contributed by atoms with van der Waals surface area (Å²) in [6.45, 7) is 2.22. The summed E-state index contributed by atoms with van der Waals surface area (Å²) in [6, 6.07) is 6.36. The first-order valence-electron chi connectivity index (χ1n) is 6.09. The first kappa shape index (κ1) is 12.5. The predicted octanol–water partition coefficient (Wildman–Crippen LogP) is 1.91. The van der Waals surface area contributed by atoms with Crippen LogP contribution in [0.5, 0.6) is 0 Å². The van der Waals surface area contributed by atoms with Gasteiger partial charge in [0.05, 0.1) is 0 Å². The van der Waals surface area contributed by atoms with Crippen molar-refractivity contribution >= 4 is 22.5 Å². The summed E-state index contributed by atoms with van der Waals surface area (Å²) in [4.78, 5) is 16.2. The van der Waals surface area contributed by atoms with E-state index in [1.165, 1.54) is 16.6 Å². The molecule has 0 aliphatic carbocycles. The number of carbonyl (C=O) groups excluding carboxylic acids is 1. The van der Waals surface area contributed by atoms with E-state index in [0.29, 0.717) is 6.54 Å². The quantitative estimate of drug-likeness (QED) is 0.864. The minimum atomic E-state index is 0.0174. The highest BCUT2D eigenvalue weighted by Gasteiger charge is 2.05. The van der Waals surface area contributed by atoms with Crippen molar-refractivity contribution in [2.45, 2.75) is 13.3 Å². The Hall–Kier alpha value is -1.97. The topological polar surface area (TPSA) is 48.1 Å². The first-order valence-corrected chi connectivity index (χ1v) is 6.09. The molecule has 18 heavy (non-hydrogen) atoms. The van der Waals surface area contributed by atoms with Crippen molar-refractivity contribution in [1.29, 1.82) is 0 Å². The number of benzene rings is 1. The van der Waals surface area contributed by atoms with Gasteiger partial charge in [0.1, 0.15) is 0 Å². The molecule has 0 radical (unpaired) electrons. The van der Waals surface area contributed by atoms with Gasteiger partial charge < -0.3 is 15.2 Å². The second kappa shape index (κ2) is 5.12. The van der Waals surface area contributed by atoms with Gasteiger partial charge in [-0.15, -0.1) is 0 Å². The maximum Gasteiger partial charge on any atom is 0.216 e. The third kappa shape index (κ3) is 2.64. The minimum absolute atomic E-state index is 0.0174. The Labute approximate surface area is 107 Å². The predicted molar refractivity (Wildman–Crippen MR) is 75.0 cm³/mol. The van der Waals surface area contributed by atoms with Crippen LogP contribution in [0.2, 0.25) is 0 Å². The Bertz CT molecular complexity index is 557. The summed E-state index contributed by atoms with van der Waals surface area (Å²) in [7, 11) is 4.07. The summed E-state index contributed by atoms with van der Waals surface area (Å²) < 4.78 is 0. The van der Waals surface area contributed by atoms with Crippen molar-refractivity contribution in [3.8, 4) is 0 Å². The molecule has 1 aromatic carbocycles. The van der Waals surface area contributed by atoms with Crippen molar-refractivity contribution in [3.05, 3.63) is 30.0 Å². The normalized spacial score (nSPS) is 10.6. The molecule has 0 bridgehead atoms. The Morgan fingerprint density at radius 2 is 2.17 bits per heavy atom. The van der Waals surface area contributed by atoms with Gasteiger partial charge in [-0.25, -0.2) is 0 Å². The number of aromatic amines is 1. The van der Waals surface area contributed by atoms with Crippen molar-refractivity contribution in [2.75, 3.05) is 25.5 Å². The molecule has 4 nitrogen and oxygen atoms in total. The summed E-state index contributed by atoms with van der Waals surface area (Å²) in [5.41, 5.74) is 3.56. The summed E-state index contributed by atoms with van der Waals surface area (Å²) in [5, 5.41) is 4.05. The lowest BCUT2D eigenvalue weighted by atomic mass is 10.1. The van der Waals surface area contributed by atoms with E-state index < -0.39 is 0 Å². The Kier molecular flexibility index (Phi) is 3.55.